The van der Waals surface area contributed by atoms with Crippen LogP contribution in [0.1, 0.15) is 26.3 Å². The molecule has 5 nitrogen and oxygen atoms in total. The van der Waals surface area contributed by atoms with Crippen molar-refractivity contribution in [3.8, 4) is 5.75 Å². The van der Waals surface area contributed by atoms with Gasteiger partial charge in [0.1, 0.15) is 5.75 Å². The number of hydrogen-bond acceptors (Lipinski definition) is 4. The molecule has 1 amide bonds. The highest BCUT2D eigenvalue weighted by Crippen LogP contribution is 2.19. The molecule has 0 saturated carbocycles. The van der Waals surface area contributed by atoms with Crippen LogP contribution in [0, 0.1) is 0 Å². The number of rotatable bonds is 5. The van der Waals surface area contributed by atoms with Crippen LogP contribution in [0.25, 0.3) is 0 Å². The van der Waals surface area contributed by atoms with Crippen molar-refractivity contribution in [2.24, 2.45) is 5.10 Å². The summed E-state index contributed by atoms with van der Waals surface area (Å²) >= 11 is 6.00. The van der Waals surface area contributed by atoms with Gasteiger partial charge in [-0.1, -0.05) is 54.1 Å². The van der Waals surface area contributed by atoms with Crippen LogP contribution in [-0.4, -0.2) is 18.1 Å². The fourth-order valence-electron chi connectivity index (χ4n) is 2.27. The molecule has 0 unspecified atom stereocenters. The predicted octanol–water partition coefficient (Wildman–Crippen LogP) is 4.32. The van der Waals surface area contributed by atoms with E-state index in [1.54, 1.807) is 72.8 Å². The lowest BCUT2D eigenvalue weighted by Crippen LogP contribution is -2.17. The highest BCUT2D eigenvalue weighted by atomic mass is 35.5. The fraction of sp³-hybridized carbons (Fsp3) is 0. The maximum absolute atomic E-state index is 12.2. The minimum atomic E-state index is -0.549. The molecule has 0 aromatic heterocycles. The van der Waals surface area contributed by atoms with E-state index in [4.69, 9.17) is 16.3 Å². The van der Waals surface area contributed by atoms with Gasteiger partial charge in [-0.3, -0.25) is 4.79 Å². The van der Waals surface area contributed by atoms with Crippen molar-refractivity contribution < 1.29 is 14.3 Å². The number of ether oxygens (including phenoxy) is 1. The second-order valence-corrected chi connectivity index (χ2v) is 5.91. The lowest BCUT2D eigenvalue weighted by Gasteiger charge is -2.06. The van der Waals surface area contributed by atoms with E-state index in [0.717, 1.165) is 0 Å². The van der Waals surface area contributed by atoms with Crippen molar-refractivity contribution in [3.05, 3.63) is 101 Å². The predicted molar refractivity (Wildman–Crippen MR) is 104 cm³/mol. The monoisotopic (exact) mass is 378 g/mol. The summed E-state index contributed by atoms with van der Waals surface area (Å²) in [6.45, 7) is 0. The van der Waals surface area contributed by atoms with Gasteiger partial charge in [-0.15, -0.1) is 0 Å². The lowest BCUT2D eigenvalue weighted by atomic mass is 10.2. The third-order valence-corrected chi connectivity index (χ3v) is 3.91. The average Bonchev–Trinajstić information content (AvgIpc) is 2.69. The van der Waals surface area contributed by atoms with Crippen molar-refractivity contribution in [1.29, 1.82) is 0 Å². The Morgan fingerprint density at radius 2 is 1.67 bits per heavy atom. The van der Waals surface area contributed by atoms with Crippen molar-refractivity contribution in [3.63, 3.8) is 0 Å². The maximum atomic E-state index is 12.2. The van der Waals surface area contributed by atoms with Gasteiger partial charge in [-0.25, -0.2) is 10.2 Å². The van der Waals surface area contributed by atoms with Crippen LogP contribution < -0.4 is 10.2 Å². The molecule has 3 aromatic carbocycles. The van der Waals surface area contributed by atoms with Crippen molar-refractivity contribution in [2.75, 3.05) is 0 Å². The minimum Gasteiger partial charge on any atom is -0.423 e. The zero-order valence-electron chi connectivity index (χ0n) is 14.1. The van der Waals surface area contributed by atoms with Gasteiger partial charge in [-0.2, -0.15) is 5.10 Å². The number of nitrogens with zero attached hydrogens (tertiary/aromatic N) is 1. The van der Waals surface area contributed by atoms with E-state index in [2.05, 4.69) is 10.5 Å². The SMILES string of the molecule is O=C(NN=Cc1cccc(OC(=O)c2ccccc2Cl)c1)c1ccccc1. The van der Waals surface area contributed by atoms with E-state index in [0.29, 0.717) is 21.9 Å². The quantitative estimate of drug-likeness (QED) is 0.311. The summed E-state index contributed by atoms with van der Waals surface area (Å²) in [4.78, 5) is 24.1. The first-order chi connectivity index (χ1) is 13.1. The Hall–Kier alpha value is -3.44. The molecule has 134 valence electrons. The first-order valence-electron chi connectivity index (χ1n) is 8.09. The number of hydrogen-bond donors (Lipinski definition) is 1. The van der Waals surface area contributed by atoms with Gasteiger partial charge >= 0.3 is 5.97 Å². The Kier molecular flexibility index (Phi) is 5.97. The Bertz CT molecular complexity index is 987. The zero-order valence-corrected chi connectivity index (χ0v) is 14.9. The number of hydrazone groups is 1. The molecule has 0 aliphatic carbocycles. The highest BCUT2D eigenvalue weighted by molar-refractivity contribution is 6.33. The highest BCUT2D eigenvalue weighted by Gasteiger charge is 2.12. The Balaban J connectivity index is 1.64. The Morgan fingerprint density at radius 3 is 2.44 bits per heavy atom. The summed E-state index contributed by atoms with van der Waals surface area (Å²) in [5.74, 6) is -0.515. The molecular formula is C21H15ClN2O3. The van der Waals surface area contributed by atoms with Gasteiger partial charge < -0.3 is 4.74 Å². The van der Waals surface area contributed by atoms with Crippen LogP contribution >= 0.6 is 11.6 Å². The smallest absolute Gasteiger partial charge is 0.345 e. The lowest BCUT2D eigenvalue weighted by molar-refractivity contribution is 0.0734. The number of carbonyl (C=O) groups is 2. The number of esters is 1. The standard InChI is InChI=1S/C21H15ClN2O3/c22-19-12-5-4-11-18(19)21(26)27-17-10-6-7-15(13-17)14-23-24-20(25)16-8-2-1-3-9-16/h1-14H,(H,24,25). The van der Waals surface area contributed by atoms with Crippen molar-refractivity contribution in [1.82, 2.24) is 5.43 Å². The average molecular weight is 379 g/mol. The molecule has 3 rings (SSSR count). The molecule has 27 heavy (non-hydrogen) atoms. The first-order valence-corrected chi connectivity index (χ1v) is 8.46. The summed E-state index contributed by atoms with van der Waals surface area (Å²) in [5.41, 5.74) is 3.90. The maximum Gasteiger partial charge on any atom is 0.345 e. The Morgan fingerprint density at radius 1 is 0.926 bits per heavy atom. The van der Waals surface area contributed by atoms with Crippen LogP contribution in [0.3, 0.4) is 0 Å². The third kappa shape index (κ3) is 5.03. The molecule has 0 heterocycles. The van der Waals surface area contributed by atoms with E-state index in [1.807, 2.05) is 6.07 Å². The molecule has 6 heteroatoms. The molecule has 0 spiro atoms. The van der Waals surface area contributed by atoms with Gasteiger partial charge in [0.25, 0.3) is 5.91 Å². The molecule has 1 N–H and O–H groups in total. The normalized spacial score (nSPS) is 10.6. The van der Waals surface area contributed by atoms with Crippen LogP contribution in [0.15, 0.2) is 84.0 Å². The van der Waals surface area contributed by atoms with Gasteiger partial charge in [-0.05, 0) is 42.0 Å². The van der Waals surface area contributed by atoms with Crippen LogP contribution in [0.5, 0.6) is 5.75 Å². The summed E-state index contributed by atoms with van der Waals surface area (Å²) < 4.78 is 5.35. The number of benzene rings is 3. The summed E-state index contributed by atoms with van der Waals surface area (Å²) in [7, 11) is 0. The molecule has 0 saturated heterocycles. The largest absolute Gasteiger partial charge is 0.423 e. The van der Waals surface area contributed by atoms with E-state index < -0.39 is 5.97 Å². The molecule has 3 aromatic rings. The van der Waals surface area contributed by atoms with Gasteiger partial charge in [0.15, 0.2) is 0 Å². The van der Waals surface area contributed by atoms with Crippen LogP contribution in [-0.2, 0) is 0 Å². The summed E-state index contributed by atoms with van der Waals surface area (Å²) in [6, 6.07) is 22.2. The van der Waals surface area contributed by atoms with Crippen LogP contribution in [0.2, 0.25) is 5.02 Å². The molecule has 0 atom stereocenters. The summed E-state index contributed by atoms with van der Waals surface area (Å²) in [5, 5.41) is 4.25. The van der Waals surface area contributed by atoms with Gasteiger partial charge in [0.05, 0.1) is 16.8 Å². The van der Waals surface area contributed by atoms with E-state index in [-0.39, 0.29) is 11.5 Å². The molecule has 0 aliphatic heterocycles. The summed E-state index contributed by atoms with van der Waals surface area (Å²) in [6.07, 6.45) is 1.47. The second kappa shape index (κ2) is 8.78. The van der Waals surface area contributed by atoms with Gasteiger partial charge in [0.2, 0.25) is 0 Å². The topological polar surface area (TPSA) is 67.8 Å². The van der Waals surface area contributed by atoms with Crippen LogP contribution in [0.4, 0.5) is 0 Å². The third-order valence-electron chi connectivity index (χ3n) is 3.58. The molecular weight excluding hydrogens is 364 g/mol. The zero-order chi connectivity index (χ0) is 19.1. The number of halogens is 1. The fourth-order valence-corrected chi connectivity index (χ4v) is 2.48. The molecule has 0 bridgehead atoms. The van der Waals surface area contributed by atoms with E-state index in [1.165, 1.54) is 6.21 Å². The second-order valence-electron chi connectivity index (χ2n) is 5.51. The molecule has 0 aliphatic rings. The minimum absolute atomic E-state index is 0.286. The molecule has 0 fully saturated rings. The number of nitrogens with one attached hydrogen (secondary N) is 1. The number of amides is 1. The Labute approximate surface area is 161 Å². The number of carbonyl (C=O) groups excluding carboxylic acids is 2. The molecule has 0 radical (unpaired) electrons. The van der Waals surface area contributed by atoms with Gasteiger partial charge in [0, 0.05) is 5.56 Å². The van der Waals surface area contributed by atoms with E-state index >= 15 is 0 Å². The van der Waals surface area contributed by atoms with E-state index in [9.17, 15) is 9.59 Å². The van der Waals surface area contributed by atoms with Crippen molar-refractivity contribution in [2.45, 2.75) is 0 Å². The van der Waals surface area contributed by atoms with Crippen molar-refractivity contribution >= 4 is 29.7 Å². The first kappa shape index (κ1) is 18.4.